The SMILES string of the molecule is Cc1cc(/C=C2\SC(=O)N(CC(N)=O)C2=O)c(C)n1-c1ccc(Oc2ccc(C#N)cc2)cc1. The number of nitrogens with zero attached hydrogens (tertiary/aromatic N) is 3. The van der Waals surface area contributed by atoms with Crippen molar-refractivity contribution in [1.29, 1.82) is 5.26 Å². The van der Waals surface area contributed by atoms with Crippen LogP contribution in [0.1, 0.15) is 22.5 Å². The number of nitriles is 1. The normalized spacial score (nSPS) is 14.5. The average molecular weight is 473 g/mol. The number of ether oxygens (including phenoxy) is 1. The van der Waals surface area contributed by atoms with Crippen molar-refractivity contribution in [2.24, 2.45) is 5.73 Å². The summed E-state index contributed by atoms with van der Waals surface area (Å²) in [6.07, 6.45) is 1.66. The molecule has 1 aliphatic rings. The van der Waals surface area contributed by atoms with Crippen LogP contribution in [-0.4, -0.2) is 33.1 Å². The Morgan fingerprint density at radius 2 is 1.71 bits per heavy atom. The molecule has 1 fully saturated rings. The lowest BCUT2D eigenvalue weighted by molar-refractivity contribution is -0.127. The van der Waals surface area contributed by atoms with E-state index in [1.54, 1.807) is 30.3 Å². The molecular formula is C25H20N4O4S. The standard InChI is InChI=1S/C25H20N4O4S/c1-15-11-18(12-22-24(31)28(14-23(27)30)25(32)34-22)16(2)29(15)19-5-9-21(10-6-19)33-20-7-3-17(13-26)4-8-20/h3-12H,14H2,1-2H3,(H2,27,30)/b22-12-. The molecule has 9 heteroatoms. The molecule has 2 aromatic carbocycles. The van der Waals surface area contributed by atoms with Crippen LogP contribution in [0.3, 0.4) is 0 Å². The van der Waals surface area contributed by atoms with Crippen LogP contribution in [0.4, 0.5) is 4.79 Å². The second kappa shape index (κ2) is 9.29. The number of thioether (sulfide) groups is 1. The first-order chi connectivity index (χ1) is 16.3. The van der Waals surface area contributed by atoms with E-state index in [9.17, 15) is 14.4 Å². The van der Waals surface area contributed by atoms with Gasteiger partial charge in [0.25, 0.3) is 11.1 Å². The number of hydrogen-bond acceptors (Lipinski definition) is 6. The first-order valence-electron chi connectivity index (χ1n) is 10.3. The molecule has 0 spiro atoms. The summed E-state index contributed by atoms with van der Waals surface area (Å²) >= 11 is 0.791. The van der Waals surface area contributed by atoms with Crippen LogP contribution in [0.25, 0.3) is 11.8 Å². The van der Waals surface area contributed by atoms with E-state index in [1.165, 1.54) is 0 Å². The molecule has 170 valence electrons. The fourth-order valence-electron chi connectivity index (χ4n) is 3.66. The van der Waals surface area contributed by atoms with E-state index >= 15 is 0 Å². The molecule has 34 heavy (non-hydrogen) atoms. The van der Waals surface area contributed by atoms with E-state index in [0.717, 1.165) is 39.3 Å². The Morgan fingerprint density at radius 1 is 1.09 bits per heavy atom. The Balaban J connectivity index is 1.56. The van der Waals surface area contributed by atoms with Gasteiger partial charge < -0.3 is 15.0 Å². The van der Waals surface area contributed by atoms with Gasteiger partial charge in [-0.3, -0.25) is 19.3 Å². The van der Waals surface area contributed by atoms with Crippen LogP contribution in [0.15, 0.2) is 59.5 Å². The molecule has 8 nitrogen and oxygen atoms in total. The van der Waals surface area contributed by atoms with Gasteiger partial charge in [0.05, 0.1) is 16.5 Å². The van der Waals surface area contributed by atoms with Crippen LogP contribution in [0.5, 0.6) is 11.5 Å². The molecule has 1 aliphatic heterocycles. The summed E-state index contributed by atoms with van der Waals surface area (Å²) in [5.41, 5.74) is 9.23. The van der Waals surface area contributed by atoms with Crippen LogP contribution in [0, 0.1) is 25.2 Å². The fourth-order valence-corrected chi connectivity index (χ4v) is 4.49. The molecule has 0 bridgehead atoms. The second-order valence-corrected chi connectivity index (χ2v) is 8.62. The van der Waals surface area contributed by atoms with Crippen molar-refractivity contribution in [3.8, 4) is 23.3 Å². The van der Waals surface area contributed by atoms with Crippen LogP contribution in [-0.2, 0) is 9.59 Å². The number of rotatable bonds is 6. The molecule has 3 aromatic rings. The van der Waals surface area contributed by atoms with E-state index in [0.29, 0.717) is 17.1 Å². The van der Waals surface area contributed by atoms with E-state index in [1.807, 2.05) is 48.7 Å². The third-order valence-corrected chi connectivity index (χ3v) is 6.17. The minimum absolute atomic E-state index is 0.248. The summed E-state index contributed by atoms with van der Waals surface area (Å²) < 4.78 is 7.88. The van der Waals surface area contributed by atoms with Gasteiger partial charge in [-0.1, -0.05) is 0 Å². The predicted octanol–water partition coefficient (Wildman–Crippen LogP) is 4.28. The maximum Gasteiger partial charge on any atom is 0.294 e. The number of amides is 3. The Bertz CT molecular complexity index is 1370. The quantitative estimate of drug-likeness (QED) is 0.535. The van der Waals surface area contributed by atoms with Gasteiger partial charge in [0.15, 0.2) is 0 Å². The summed E-state index contributed by atoms with van der Waals surface area (Å²) in [5.74, 6) is 0.0168. The van der Waals surface area contributed by atoms with E-state index in [2.05, 4.69) is 6.07 Å². The average Bonchev–Trinajstić information content (AvgIpc) is 3.24. The highest BCUT2D eigenvalue weighted by molar-refractivity contribution is 8.18. The number of imide groups is 1. The third-order valence-electron chi connectivity index (χ3n) is 5.26. The summed E-state index contributed by atoms with van der Waals surface area (Å²) in [6.45, 7) is 3.44. The number of aryl methyl sites for hydroxylation is 1. The van der Waals surface area contributed by atoms with E-state index in [4.69, 9.17) is 15.7 Å². The van der Waals surface area contributed by atoms with Crippen molar-refractivity contribution in [3.63, 3.8) is 0 Å². The maximum absolute atomic E-state index is 12.5. The Morgan fingerprint density at radius 3 is 2.29 bits per heavy atom. The molecule has 2 heterocycles. The highest BCUT2D eigenvalue weighted by Gasteiger charge is 2.36. The number of aromatic nitrogens is 1. The Hall–Kier alpha value is -4.29. The number of nitrogens with two attached hydrogens (primary N) is 1. The summed E-state index contributed by atoms with van der Waals surface area (Å²) in [5, 5.41) is 8.39. The minimum Gasteiger partial charge on any atom is -0.457 e. The lowest BCUT2D eigenvalue weighted by Gasteiger charge is -2.11. The summed E-state index contributed by atoms with van der Waals surface area (Å²) in [4.78, 5) is 36.9. The molecule has 3 amide bonds. The molecule has 2 N–H and O–H groups in total. The van der Waals surface area contributed by atoms with E-state index < -0.39 is 23.6 Å². The molecule has 0 saturated carbocycles. The number of carbonyl (C=O) groups is 3. The molecule has 1 aromatic heterocycles. The monoisotopic (exact) mass is 472 g/mol. The summed E-state index contributed by atoms with van der Waals surface area (Å²) in [7, 11) is 0. The van der Waals surface area contributed by atoms with Crippen LogP contribution >= 0.6 is 11.8 Å². The Labute approximate surface area is 200 Å². The van der Waals surface area contributed by atoms with Crippen molar-refractivity contribution < 1.29 is 19.1 Å². The molecule has 4 rings (SSSR count). The van der Waals surface area contributed by atoms with Crippen molar-refractivity contribution in [3.05, 3.63) is 82.0 Å². The zero-order chi connectivity index (χ0) is 24.4. The molecule has 0 aliphatic carbocycles. The highest BCUT2D eigenvalue weighted by atomic mass is 32.2. The van der Waals surface area contributed by atoms with Gasteiger partial charge in [0.2, 0.25) is 5.91 Å². The van der Waals surface area contributed by atoms with Crippen molar-refractivity contribution in [1.82, 2.24) is 9.47 Å². The lowest BCUT2D eigenvalue weighted by Crippen LogP contribution is -2.36. The van der Waals surface area contributed by atoms with E-state index in [-0.39, 0.29) is 4.91 Å². The van der Waals surface area contributed by atoms with Gasteiger partial charge in [-0.2, -0.15) is 5.26 Å². The predicted molar refractivity (Wildman–Crippen MR) is 128 cm³/mol. The molecule has 0 radical (unpaired) electrons. The van der Waals surface area contributed by atoms with Crippen molar-refractivity contribution >= 4 is 34.9 Å². The van der Waals surface area contributed by atoms with Crippen molar-refractivity contribution in [2.75, 3.05) is 6.54 Å². The minimum atomic E-state index is -0.742. The van der Waals surface area contributed by atoms with Crippen molar-refractivity contribution in [2.45, 2.75) is 13.8 Å². The lowest BCUT2D eigenvalue weighted by atomic mass is 10.2. The number of primary amides is 1. The zero-order valence-corrected chi connectivity index (χ0v) is 19.3. The third kappa shape index (κ3) is 4.58. The number of benzene rings is 2. The van der Waals surface area contributed by atoms with Crippen LogP contribution in [0.2, 0.25) is 0 Å². The smallest absolute Gasteiger partial charge is 0.294 e. The van der Waals surface area contributed by atoms with Gasteiger partial charge in [0.1, 0.15) is 18.0 Å². The van der Waals surface area contributed by atoms with Gasteiger partial charge >= 0.3 is 0 Å². The largest absolute Gasteiger partial charge is 0.457 e. The number of hydrogen-bond donors (Lipinski definition) is 1. The second-order valence-electron chi connectivity index (χ2n) is 7.63. The van der Waals surface area contributed by atoms with Gasteiger partial charge in [-0.05, 0) is 91.8 Å². The molecular weight excluding hydrogens is 452 g/mol. The van der Waals surface area contributed by atoms with Crippen LogP contribution < -0.4 is 10.5 Å². The highest BCUT2D eigenvalue weighted by Crippen LogP contribution is 2.34. The first kappa shape index (κ1) is 22.9. The maximum atomic E-state index is 12.5. The molecule has 0 atom stereocenters. The van der Waals surface area contributed by atoms with Gasteiger partial charge in [-0.15, -0.1) is 0 Å². The summed E-state index contributed by atoms with van der Waals surface area (Å²) in [6, 6.07) is 18.4. The number of carbonyl (C=O) groups excluding carboxylic acids is 3. The van der Waals surface area contributed by atoms with Gasteiger partial charge in [0, 0.05) is 17.1 Å². The van der Waals surface area contributed by atoms with Gasteiger partial charge in [-0.25, -0.2) is 0 Å². The Kier molecular flexibility index (Phi) is 6.25. The topological polar surface area (TPSA) is 118 Å². The molecule has 1 saturated heterocycles. The molecule has 0 unspecified atom stereocenters. The fraction of sp³-hybridized carbons (Fsp3) is 0.120. The zero-order valence-electron chi connectivity index (χ0n) is 18.4. The first-order valence-corrected chi connectivity index (χ1v) is 11.1.